The van der Waals surface area contributed by atoms with E-state index in [0.29, 0.717) is 11.2 Å². The number of anilines is 1. The van der Waals surface area contributed by atoms with Crippen LogP contribution in [0.15, 0.2) is 48.9 Å². The van der Waals surface area contributed by atoms with Gasteiger partial charge in [-0.2, -0.15) is 0 Å². The number of pyridine rings is 1. The highest BCUT2D eigenvalue weighted by atomic mass is 16.1. The van der Waals surface area contributed by atoms with Crippen LogP contribution in [-0.4, -0.2) is 20.9 Å². The number of hydrogen-bond acceptors (Lipinski definition) is 3. The second-order valence-electron chi connectivity index (χ2n) is 3.82. The third-order valence-electron chi connectivity index (χ3n) is 2.57. The van der Waals surface area contributed by atoms with E-state index in [-0.39, 0.29) is 5.91 Å². The van der Waals surface area contributed by atoms with Gasteiger partial charge in [-0.05, 0) is 18.2 Å². The first-order valence-electron chi connectivity index (χ1n) is 5.48. The molecular formula is C13H10N4O. The molecule has 3 rings (SSSR count). The summed E-state index contributed by atoms with van der Waals surface area (Å²) in [4.78, 5) is 23.0. The molecule has 0 saturated carbocycles. The van der Waals surface area contributed by atoms with Crippen LogP contribution >= 0.6 is 0 Å². The minimum atomic E-state index is -0.190. The van der Waals surface area contributed by atoms with Crippen molar-refractivity contribution in [1.29, 1.82) is 0 Å². The van der Waals surface area contributed by atoms with E-state index in [0.717, 1.165) is 11.2 Å². The van der Waals surface area contributed by atoms with Crippen molar-refractivity contribution in [2.45, 2.75) is 0 Å². The largest absolute Gasteiger partial charge is 0.343 e. The Morgan fingerprint density at radius 2 is 2.00 bits per heavy atom. The van der Waals surface area contributed by atoms with Crippen molar-refractivity contribution >= 4 is 22.8 Å². The van der Waals surface area contributed by atoms with Crippen molar-refractivity contribution < 1.29 is 4.79 Å². The van der Waals surface area contributed by atoms with E-state index >= 15 is 0 Å². The molecule has 0 saturated heterocycles. The van der Waals surface area contributed by atoms with E-state index in [2.05, 4.69) is 20.3 Å². The van der Waals surface area contributed by atoms with Gasteiger partial charge in [-0.3, -0.25) is 4.79 Å². The normalized spacial score (nSPS) is 10.4. The first-order valence-corrected chi connectivity index (χ1v) is 5.48. The lowest BCUT2D eigenvalue weighted by atomic mass is 10.2. The van der Waals surface area contributed by atoms with E-state index < -0.39 is 0 Å². The van der Waals surface area contributed by atoms with Crippen LogP contribution in [0.25, 0.3) is 11.2 Å². The number of aromatic nitrogens is 3. The van der Waals surface area contributed by atoms with Crippen molar-refractivity contribution in [2.24, 2.45) is 0 Å². The number of H-pyrrole nitrogens is 1. The van der Waals surface area contributed by atoms with Crippen LogP contribution < -0.4 is 5.32 Å². The molecule has 88 valence electrons. The summed E-state index contributed by atoms with van der Waals surface area (Å²) in [5.74, 6) is -0.190. The second kappa shape index (κ2) is 4.29. The maximum absolute atomic E-state index is 12.0. The quantitative estimate of drug-likeness (QED) is 0.719. The fourth-order valence-electron chi connectivity index (χ4n) is 1.68. The van der Waals surface area contributed by atoms with Gasteiger partial charge < -0.3 is 10.3 Å². The number of hydrogen-bond donors (Lipinski definition) is 2. The third kappa shape index (κ3) is 1.93. The number of benzene rings is 1. The van der Waals surface area contributed by atoms with Crippen molar-refractivity contribution in [3.05, 3.63) is 54.5 Å². The highest BCUT2D eigenvalue weighted by Crippen LogP contribution is 2.11. The van der Waals surface area contributed by atoms with Gasteiger partial charge in [-0.15, -0.1) is 0 Å². The average Bonchev–Trinajstić information content (AvgIpc) is 2.87. The van der Waals surface area contributed by atoms with Crippen LogP contribution in [0, 0.1) is 0 Å². The van der Waals surface area contributed by atoms with Gasteiger partial charge >= 0.3 is 0 Å². The number of rotatable bonds is 2. The van der Waals surface area contributed by atoms with E-state index in [1.165, 1.54) is 6.20 Å². The predicted molar refractivity (Wildman–Crippen MR) is 68.3 cm³/mol. The summed E-state index contributed by atoms with van der Waals surface area (Å²) in [6.07, 6.45) is 3.07. The number of nitrogens with zero attached hydrogens (tertiary/aromatic N) is 2. The molecule has 3 aromatic rings. The first kappa shape index (κ1) is 10.5. The molecule has 5 heteroatoms. The van der Waals surface area contributed by atoms with Crippen molar-refractivity contribution in [3.8, 4) is 0 Å². The number of amides is 1. The number of carbonyl (C=O) groups excluding carboxylic acids is 1. The van der Waals surface area contributed by atoms with Crippen molar-refractivity contribution in [2.75, 3.05) is 5.32 Å². The monoisotopic (exact) mass is 238 g/mol. The summed E-state index contributed by atoms with van der Waals surface area (Å²) in [6.45, 7) is 0. The summed E-state index contributed by atoms with van der Waals surface area (Å²) < 4.78 is 0. The molecule has 0 atom stereocenters. The molecule has 0 unspecified atom stereocenters. The molecule has 2 N–H and O–H groups in total. The lowest BCUT2D eigenvalue weighted by Gasteiger charge is -2.04. The zero-order valence-electron chi connectivity index (χ0n) is 9.42. The summed E-state index contributed by atoms with van der Waals surface area (Å²) in [5, 5.41) is 2.80. The Morgan fingerprint density at radius 3 is 2.83 bits per heavy atom. The highest BCUT2D eigenvalue weighted by molar-refractivity contribution is 6.05. The third-order valence-corrected chi connectivity index (χ3v) is 2.57. The predicted octanol–water partition coefficient (Wildman–Crippen LogP) is 2.21. The fraction of sp³-hybridized carbons (Fsp3) is 0. The molecule has 2 heterocycles. The number of para-hydroxylation sites is 1. The topological polar surface area (TPSA) is 70.7 Å². The van der Waals surface area contributed by atoms with Gasteiger partial charge in [0.05, 0.1) is 17.4 Å². The molecule has 18 heavy (non-hydrogen) atoms. The molecular weight excluding hydrogens is 228 g/mol. The minimum Gasteiger partial charge on any atom is -0.343 e. The molecule has 0 bridgehead atoms. The zero-order chi connectivity index (χ0) is 12.4. The van der Waals surface area contributed by atoms with Gasteiger partial charge in [-0.25, -0.2) is 9.97 Å². The van der Waals surface area contributed by atoms with Gasteiger partial charge in [0.2, 0.25) is 0 Å². The SMILES string of the molecule is O=C(Nc1ccccc1)c1cnc2nc[nH]c2c1. The van der Waals surface area contributed by atoms with Crippen LogP contribution in [0.5, 0.6) is 0 Å². The van der Waals surface area contributed by atoms with E-state index in [1.54, 1.807) is 12.4 Å². The second-order valence-corrected chi connectivity index (χ2v) is 3.82. The van der Waals surface area contributed by atoms with Gasteiger partial charge in [0, 0.05) is 11.9 Å². The highest BCUT2D eigenvalue weighted by Gasteiger charge is 2.08. The molecule has 2 aromatic heterocycles. The molecule has 5 nitrogen and oxygen atoms in total. The Morgan fingerprint density at radius 1 is 1.17 bits per heavy atom. The van der Waals surface area contributed by atoms with Gasteiger partial charge in [0.1, 0.15) is 0 Å². The Balaban J connectivity index is 1.87. The summed E-state index contributed by atoms with van der Waals surface area (Å²) in [6, 6.07) is 11.0. The number of nitrogens with one attached hydrogen (secondary N) is 2. The summed E-state index contributed by atoms with van der Waals surface area (Å²) in [7, 11) is 0. The fourth-order valence-corrected chi connectivity index (χ4v) is 1.68. The Bertz CT molecular complexity index is 690. The maximum atomic E-state index is 12.0. The minimum absolute atomic E-state index is 0.190. The number of fused-ring (bicyclic) bond motifs is 1. The van der Waals surface area contributed by atoms with Gasteiger partial charge in [0.25, 0.3) is 5.91 Å². The number of carbonyl (C=O) groups is 1. The molecule has 0 aliphatic carbocycles. The van der Waals surface area contributed by atoms with Crippen molar-refractivity contribution in [1.82, 2.24) is 15.0 Å². The van der Waals surface area contributed by atoms with Crippen LogP contribution in [0.1, 0.15) is 10.4 Å². The van der Waals surface area contributed by atoms with Crippen LogP contribution in [0.2, 0.25) is 0 Å². The Labute approximate surface area is 103 Å². The van der Waals surface area contributed by atoms with Crippen LogP contribution in [0.4, 0.5) is 5.69 Å². The molecule has 1 amide bonds. The first-order chi connectivity index (χ1) is 8.83. The lowest BCUT2D eigenvalue weighted by Crippen LogP contribution is -2.12. The van der Waals surface area contributed by atoms with Crippen LogP contribution in [0.3, 0.4) is 0 Å². The molecule has 1 aromatic carbocycles. The molecule has 0 radical (unpaired) electrons. The molecule has 0 aliphatic rings. The molecule has 0 aliphatic heterocycles. The van der Waals surface area contributed by atoms with Crippen molar-refractivity contribution in [3.63, 3.8) is 0 Å². The summed E-state index contributed by atoms with van der Waals surface area (Å²) >= 11 is 0. The number of imidazole rings is 1. The van der Waals surface area contributed by atoms with Gasteiger partial charge in [-0.1, -0.05) is 18.2 Å². The van der Waals surface area contributed by atoms with Crippen LogP contribution in [-0.2, 0) is 0 Å². The zero-order valence-corrected chi connectivity index (χ0v) is 9.42. The van der Waals surface area contributed by atoms with E-state index in [1.807, 2.05) is 30.3 Å². The van der Waals surface area contributed by atoms with E-state index in [4.69, 9.17) is 0 Å². The average molecular weight is 238 g/mol. The number of aromatic amines is 1. The van der Waals surface area contributed by atoms with Gasteiger partial charge in [0.15, 0.2) is 5.65 Å². The molecule has 0 fully saturated rings. The molecule has 0 spiro atoms. The standard InChI is InChI=1S/C13H10N4O/c18-13(17-10-4-2-1-3-5-10)9-6-11-12(14-7-9)16-8-15-11/h1-8H,(H,17,18)(H,14,15,16). The maximum Gasteiger partial charge on any atom is 0.257 e. The Kier molecular flexibility index (Phi) is 2.49. The summed E-state index contributed by atoms with van der Waals surface area (Å²) in [5.41, 5.74) is 2.60. The smallest absolute Gasteiger partial charge is 0.257 e. The lowest BCUT2D eigenvalue weighted by molar-refractivity contribution is 0.102. The Hall–Kier alpha value is -2.69. The van der Waals surface area contributed by atoms with E-state index in [9.17, 15) is 4.79 Å².